The number of esters is 2. The highest BCUT2D eigenvalue weighted by atomic mass is 16.5. The van der Waals surface area contributed by atoms with Crippen LogP contribution in [0.4, 0.5) is 21.0 Å². The van der Waals surface area contributed by atoms with Crippen LogP contribution >= 0.6 is 0 Å². The number of ether oxygens (including phenoxy) is 10. The van der Waals surface area contributed by atoms with Crippen LogP contribution in [0.1, 0.15) is 136 Å². The predicted molar refractivity (Wildman–Crippen MR) is 446 cm³/mol. The molecule has 0 spiro atoms. The first kappa shape index (κ1) is 110. The average Bonchev–Trinajstić information content (AvgIpc) is 0.857. The molecule has 0 aromatic heterocycles. The van der Waals surface area contributed by atoms with E-state index in [1.165, 1.54) is 13.8 Å². The van der Waals surface area contributed by atoms with Gasteiger partial charge in [0.15, 0.2) is 0 Å². The fourth-order valence-corrected chi connectivity index (χ4v) is 10.9. The monoisotopic (exact) mass is 1780 g/mol. The summed E-state index contributed by atoms with van der Waals surface area (Å²) in [6, 6.07) is 2.74. The number of anilines is 2. The van der Waals surface area contributed by atoms with Gasteiger partial charge < -0.3 is 144 Å². The Labute approximate surface area is 725 Å². The number of primary amides is 2. The molecule has 0 saturated heterocycles. The van der Waals surface area contributed by atoms with Gasteiger partial charge in [-0.3, -0.25) is 71.9 Å². The van der Waals surface area contributed by atoms with E-state index in [0.717, 1.165) is 0 Å². The Hall–Kier alpha value is -11.3. The van der Waals surface area contributed by atoms with Crippen LogP contribution < -0.4 is 86.3 Å². The molecule has 45 nitrogen and oxygen atoms in total. The van der Waals surface area contributed by atoms with Crippen molar-refractivity contribution < 1.29 is 139 Å². The van der Waals surface area contributed by atoms with Gasteiger partial charge in [-0.25, -0.2) is 9.59 Å². The van der Waals surface area contributed by atoms with Gasteiger partial charge in [0.1, 0.15) is 49.5 Å². The van der Waals surface area contributed by atoms with Crippen molar-refractivity contribution in [2.75, 3.05) is 149 Å². The summed E-state index contributed by atoms with van der Waals surface area (Å²) in [6.07, 6.45) is -1.94. The van der Waals surface area contributed by atoms with Crippen LogP contribution in [0.3, 0.4) is 0 Å². The van der Waals surface area contributed by atoms with E-state index >= 15 is 0 Å². The van der Waals surface area contributed by atoms with Crippen LogP contribution in [0.15, 0.2) is 48.5 Å². The Kier molecular flexibility index (Phi) is 58.1. The maximum atomic E-state index is 13.8. The number of amides is 15. The summed E-state index contributed by atoms with van der Waals surface area (Å²) in [5.74, 6) is -11.7. The fraction of sp³-hybridized carbons (Fsp3) is 0.637. The lowest BCUT2D eigenvalue weighted by Gasteiger charge is -2.27. The van der Waals surface area contributed by atoms with Gasteiger partial charge in [-0.05, 0) is 85.8 Å². The molecule has 702 valence electrons. The number of carboxylic acids is 2. The van der Waals surface area contributed by atoms with Gasteiger partial charge in [0.2, 0.25) is 65.0 Å². The SMILES string of the molecule is CC(=O)OCc1ccc(NC(=O)[C@H](CCCNC(N)=O)NC(=O)[C@@H](NC(=O)[C@H](CCC(=O)O)NC(=O)CCOCCOCCNC(=O)CCOCC(COCCC(=O)NCCOCCOCCC(=O)N[C@@H](CCC(=O)O)C(=O)N[C@H](C(=O)N[C@@H](CCCNC(N)=O)C(=O)Nc2ccc(COC(C)=O)cc2)C(C)C)NC(=O)CCOCCOCCN)C(C)C)cc1. The van der Waals surface area contributed by atoms with Crippen molar-refractivity contribution in [1.29, 1.82) is 0 Å². The summed E-state index contributed by atoms with van der Waals surface area (Å²) >= 11 is 0. The van der Waals surface area contributed by atoms with E-state index in [2.05, 4.69) is 69.1 Å². The number of rotatable bonds is 71. The second-order valence-electron chi connectivity index (χ2n) is 28.8. The van der Waals surface area contributed by atoms with Crippen LogP contribution in [0.25, 0.3) is 0 Å². The van der Waals surface area contributed by atoms with E-state index in [1.807, 2.05) is 0 Å². The van der Waals surface area contributed by atoms with Crippen molar-refractivity contribution in [2.24, 2.45) is 29.0 Å². The highest BCUT2D eigenvalue weighted by molar-refractivity contribution is 6.00. The van der Waals surface area contributed by atoms with Crippen LogP contribution in [0.5, 0.6) is 0 Å². The molecule has 2 aromatic carbocycles. The topological polar surface area (TPSA) is 657 Å². The molecule has 0 unspecified atom stereocenters. The number of nitrogens with two attached hydrogens (primary N) is 3. The van der Waals surface area contributed by atoms with E-state index in [9.17, 15) is 91.7 Å². The fourth-order valence-electron chi connectivity index (χ4n) is 10.9. The molecule has 0 aliphatic carbocycles. The number of hydrogen-bond donors (Lipinski definition) is 18. The van der Waals surface area contributed by atoms with Crippen LogP contribution in [-0.2, 0) is 133 Å². The Balaban J connectivity index is 1.81. The highest BCUT2D eigenvalue weighted by Gasteiger charge is 2.35. The number of benzene rings is 2. The number of nitrogens with one attached hydrogen (secondary N) is 13. The summed E-state index contributed by atoms with van der Waals surface area (Å²) in [7, 11) is 0. The van der Waals surface area contributed by atoms with Crippen molar-refractivity contribution in [3.8, 4) is 0 Å². The smallest absolute Gasteiger partial charge is 0.312 e. The quantitative estimate of drug-likeness (QED) is 0.0251. The van der Waals surface area contributed by atoms with Crippen molar-refractivity contribution in [3.63, 3.8) is 0 Å². The van der Waals surface area contributed by atoms with Crippen LogP contribution in [-0.4, -0.2) is 292 Å². The first-order valence-corrected chi connectivity index (χ1v) is 41.2. The maximum Gasteiger partial charge on any atom is 0.312 e. The number of aliphatic carboxylic acids is 2. The molecule has 0 radical (unpaired) electrons. The average molecular weight is 1780 g/mol. The normalized spacial score (nSPS) is 12.5. The molecule has 0 aliphatic heterocycles. The third-order valence-electron chi connectivity index (χ3n) is 17.5. The van der Waals surface area contributed by atoms with Gasteiger partial charge in [-0.1, -0.05) is 52.0 Å². The zero-order valence-electron chi connectivity index (χ0n) is 71.9. The molecule has 21 N–H and O–H groups in total. The second-order valence-corrected chi connectivity index (χ2v) is 28.8. The standard InChI is InChI=1S/C80H128N16O29/c1-51(2)71(77(112)93-60(9-7-29-86-79(82)114)73(108)89-57-15-11-55(12-16-57)47-124-53(5)97)95-75(110)62(19-21-69(104)105)91-67(102)26-34-117-42-45-120-39-31-84-64(99)23-36-122-49-59(88-66(101)25-33-116-41-44-119-38-28-81)50-123-37-24-65(100)85-32-40-121-46-43-118-35-27-68(103)92-63(20-22-70(106)107)76(111)96-72(52(3)4)78(113)94-61(10-8-30-87-80(83)115)74(109)90-58-17-13-56(14-18-58)48-125-54(6)98/h11-18,51-52,59-63,71-72H,7-10,19-50,81H2,1-6H3,(H,84,99)(H,85,100)(H,88,101)(H,89,108)(H,90,109)(H,91,102)(H,92,103)(H,93,112)(H,94,113)(H,95,110)(H,96,111)(H,104,105)(H,106,107)(H3,82,86,114)(H3,83,87,115)/t60-,61-,62-,63-,71-,72-/m0/s1. The molecular weight excluding hydrogens is 1650 g/mol. The van der Waals surface area contributed by atoms with Crippen molar-refractivity contribution in [2.45, 2.75) is 181 Å². The first-order valence-electron chi connectivity index (χ1n) is 41.2. The molecule has 0 aliphatic rings. The minimum absolute atomic E-state index is 0.00791. The number of hydrogen-bond acceptors (Lipinski definition) is 28. The van der Waals surface area contributed by atoms with Gasteiger partial charge in [0.25, 0.3) is 0 Å². The molecule has 125 heavy (non-hydrogen) atoms. The molecule has 6 atom stereocenters. The van der Waals surface area contributed by atoms with Crippen LogP contribution in [0.2, 0.25) is 0 Å². The molecule has 15 amide bonds. The van der Waals surface area contributed by atoms with Crippen molar-refractivity contribution in [3.05, 3.63) is 59.7 Å². The van der Waals surface area contributed by atoms with Gasteiger partial charge in [0.05, 0.1) is 112 Å². The summed E-state index contributed by atoms with van der Waals surface area (Å²) in [6.45, 7) is 10.6. The van der Waals surface area contributed by atoms with Crippen molar-refractivity contribution >= 4 is 112 Å². The lowest BCUT2D eigenvalue weighted by Crippen LogP contribution is -2.58. The molecular formula is C80H128N16O29. The molecule has 2 rings (SSSR count). The number of carbonyl (C=O) groups is 17. The molecule has 2 aromatic rings. The first-order chi connectivity index (χ1) is 59.6. The lowest BCUT2D eigenvalue weighted by atomic mass is 10.0. The Morgan fingerprint density at radius 2 is 0.656 bits per heavy atom. The Bertz CT molecular complexity index is 3440. The zero-order chi connectivity index (χ0) is 92.7. The third-order valence-corrected chi connectivity index (χ3v) is 17.5. The molecule has 0 saturated carbocycles. The summed E-state index contributed by atoms with van der Waals surface area (Å²) < 4.78 is 54.3. The van der Waals surface area contributed by atoms with Gasteiger partial charge in [0, 0.05) is 103 Å². The van der Waals surface area contributed by atoms with Crippen LogP contribution in [0, 0.1) is 11.8 Å². The Morgan fingerprint density at radius 1 is 0.336 bits per heavy atom. The molecule has 0 heterocycles. The number of carboxylic acid groups (broad SMARTS) is 2. The van der Waals surface area contributed by atoms with Gasteiger partial charge in [-0.15, -0.1) is 0 Å². The minimum Gasteiger partial charge on any atom is -0.481 e. The van der Waals surface area contributed by atoms with E-state index in [1.54, 1.807) is 76.2 Å². The largest absolute Gasteiger partial charge is 0.481 e. The lowest BCUT2D eigenvalue weighted by molar-refractivity contribution is -0.143. The van der Waals surface area contributed by atoms with Crippen molar-refractivity contribution in [1.82, 2.24) is 58.5 Å². The number of carbonyl (C=O) groups excluding carboxylic acids is 15. The summed E-state index contributed by atoms with van der Waals surface area (Å²) in [5, 5.41) is 52.8. The van der Waals surface area contributed by atoms with Gasteiger partial charge >= 0.3 is 35.9 Å². The maximum absolute atomic E-state index is 13.8. The highest BCUT2D eigenvalue weighted by Crippen LogP contribution is 2.17. The Morgan fingerprint density at radius 3 is 0.984 bits per heavy atom. The van der Waals surface area contributed by atoms with E-state index in [4.69, 9.17) is 64.6 Å². The molecule has 0 fully saturated rings. The van der Waals surface area contributed by atoms with Gasteiger partial charge in [-0.2, -0.15) is 0 Å². The second kappa shape index (κ2) is 66.2. The van der Waals surface area contributed by atoms with E-state index < -0.39 is 150 Å². The third kappa shape index (κ3) is 55.5. The van der Waals surface area contributed by atoms with E-state index in [0.29, 0.717) is 42.3 Å². The number of urea groups is 2. The predicted octanol–water partition coefficient (Wildman–Crippen LogP) is -2.00. The zero-order valence-corrected chi connectivity index (χ0v) is 71.9. The molecule has 0 bridgehead atoms. The summed E-state index contributed by atoms with van der Waals surface area (Å²) in [5.41, 5.74) is 17.8. The minimum atomic E-state index is -1.40. The summed E-state index contributed by atoms with van der Waals surface area (Å²) in [4.78, 5) is 215. The molecule has 45 heteroatoms. The van der Waals surface area contributed by atoms with E-state index in [-0.39, 0.29) is 220 Å².